The van der Waals surface area contributed by atoms with Crippen LogP contribution in [0.1, 0.15) is 23.4 Å². The lowest BCUT2D eigenvalue weighted by atomic mass is 10.0. The van der Waals surface area contributed by atoms with E-state index in [4.69, 9.17) is 4.74 Å². The number of carbonyl (C=O) groups is 1. The van der Waals surface area contributed by atoms with Crippen LogP contribution in [-0.2, 0) is 4.74 Å². The molecule has 28 heavy (non-hydrogen) atoms. The molecular formula is C18H20FN5O3S. The fourth-order valence-electron chi connectivity index (χ4n) is 3.45. The predicted molar refractivity (Wildman–Crippen MR) is 101 cm³/mol. The first-order valence-corrected chi connectivity index (χ1v) is 9.82. The Bertz CT molecular complexity index is 983. The Morgan fingerprint density at radius 2 is 2.14 bits per heavy atom. The number of ether oxygens (including phenoxy) is 1. The smallest absolute Gasteiger partial charge is 0.409 e. The highest BCUT2D eigenvalue weighted by Crippen LogP contribution is 2.40. The number of carbonyl (C=O) groups excluding carboxylic acids is 1. The summed E-state index contributed by atoms with van der Waals surface area (Å²) in [6.07, 6.45) is 1.05. The van der Waals surface area contributed by atoms with Crippen LogP contribution >= 0.6 is 11.3 Å². The molecule has 10 heteroatoms. The number of piperazine rings is 1. The summed E-state index contributed by atoms with van der Waals surface area (Å²) in [5.41, 5.74) is 0.726. The van der Waals surface area contributed by atoms with Crippen molar-refractivity contribution in [2.24, 2.45) is 0 Å². The summed E-state index contributed by atoms with van der Waals surface area (Å²) in [5, 5.41) is 14.7. The number of thiazole rings is 1. The molecule has 1 aromatic carbocycles. The molecule has 1 aliphatic heterocycles. The molecule has 0 aliphatic carbocycles. The monoisotopic (exact) mass is 405 g/mol. The summed E-state index contributed by atoms with van der Waals surface area (Å²) in [5.74, 6) is -0.341. The topological polar surface area (TPSA) is 83.2 Å². The summed E-state index contributed by atoms with van der Waals surface area (Å²) < 4.78 is 20.4. The molecular weight excluding hydrogens is 385 g/mol. The average Bonchev–Trinajstić information content (AvgIpc) is 3.27. The molecule has 1 amide bonds. The maximum atomic E-state index is 13.9. The van der Waals surface area contributed by atoms with Crippen LogP contribution in [0, 0.1) is 5.82 Å². The van der Waals surface area contributed by atoms with Crippen LogP contribution in [0.4, 0.5) is 9.18 Å². The molecule has 1 N–H and O–H groups in total. The Morgan fingerprint density at radius 3 is 2.82 bits per heavy atom. The van der Waals surface area contributed by atoms with E-state index in [1.807, 2.05) is 6.07 Å². The van der Waals surface area contributed by atoms with Gasteiger partial charge in [0.15, 0.2) is 0 Å². The fourth-order valence-corrected chi connectivity index (χ4v) is 4.55. The molecule has 3 heterocycles. The van der Waals surface area contributed by atoms with Crippen molar-refractivity contribution in [2.45, 2.75) is 13.0 Å². The van der Waals surface area contributed by atoms with Gasteiger partial charge in [-0.25, -0.2) is 14.2 Å². The second-order valence-electron chi connectivity index (χ2n) is 6.42. The maximum Gasteiger partial charge on any atom is 0.409 e. The summed E-state index contributed by atoms with van der Waals surface area (Å²) in [7, 11) is 0. The number of hydrogen-bond acceptors (Lipinski definition) is 7. The van der Waals surface area contributed by atoms with E-state index < -0.39 is 0 Å². The Kier molecular flexibility index (Phi) is 5.14. The van der Waals surface area contributed by atoms with Gasteiger partial charge in [-0.2, -0.15) is 9.61 Å². The number of fused-ring (bicyclic) bond motifs is 1. The van der Waals surface area contributed by atoms with Crippen LogP contribution in [0.5, 0.6) is 5.88 Å². The first-order chi connectivity index (χ1) is 13.6. The van der Waals surface area contributed by atoms with E-state index in [1.54, 1.807) is 17.9 Å². The predicted octanol–water partition coefficient (Wildman–Crippen LogP) is 2.50. The lowest BCUT2D eigenvalue weighted by Gasteiger charge is -2.38. The molecule has 8 nitrogen and oxygen atoms in total. The first kappa shape index (κ1) is 18.6. The summed E-state index contributed by atoms with van der Waals surface area (Å²) in [6.45, 7) is 4.22. The van der Waals surface area contributed by atoms with E-state index in [0.29, 0.717) is 42.6 Å². The van der Waals surface area contributed by atoms with E-state index >= 15 is 0 Å². The Morgan fingerprint density at radius 1 is 1.36 bits per heavy atom. The second kappa shape index (κ2) is 7.72. The molecule has 1 aliphatic rings. The van der Waals surface area contributed by atoms with Crippen molar-refractivity contribution in [3.63, 3.8) is 0 Å². The van der Waals surface area contributed by atoms with Crippen LogP contribution in [0.25, 0.3) is 4.96 Å². The Hall–Kier alpha value is -2.72. The zero-order valence-corrected chi connectivity index (χ0v) is 16.1. The lowest BCUT2D eigenvalue weighted by Crippen LogP contribution is -2.49. The van der Waals surface area contributed by atoms with E-state index in [0.717, 1.165) is 5.56 Å². The molecule has 1 atom stereocenters. The van der Waals surface area contributed by atoms with Gasteiger partial charge < -0.3 is 14.7 Å². The molecule has 0 radical (unpaired) electrons. The maximum absolute atomic E-state index is 13.9. The van der Waals surface area contributed by atoms with Gasteiger partial charge in [-0.1, -0.05) is 23.5 Å². The molecule has 0 saturated carbocycles. The number of rotatable bonds is 4. The largest absolute Gasteiger partial charge is 0.492 e. The van der Waals surface area contributed by atoms with Gasteiger partial charge in [0.1, 0.15) is 12.1 Å². The zero-order chi connectivity index (χ0) is 19.7. The van der Waals surface area contributed by atoms with Crippen LogP contribution in [0.2, 0.25) is 0 Å². The Labute approximate surface area is 164 Å². The van der Waals surface area contributed by atoms with E-state index in [2.05, 4.69) is 15.0 Å². The average molecular weight is 405 g/mol. The summed E-state index contributed by atoms with van der Waals surface area (Å²) in [6, 6.07) is 5.98. The van der Waals surface area contributed by atoms with Gasteiger partial charge in [0.05, 0.1) is 17.5 Å². The van der Waals surface area contributed by atoms with Gasteiger partial charge in [0, 0.05) is 26.2 Å². The van der Waals surface area contributed by atoms with Crippen molar-refractivity contribution < 1.29 is 19.0 Å². The third-order valence-electron chi connectivity index (χ3n) is 4.76. The number of amides is 1. The lowest BCUT2D eigenvalue weighted by molar-refractivity contribution is 0.0715. The summed E-state index contributed by atoms with van der Waals surface area (Å²) >= 11 is 1.32. The molecule has 0 spiro atoms. The highest BCUT2D eigenvalue weighted by Gasteiger charge is 2.32. The molecule has 4 rings (SSSR count). The van der Waals surface area contributed by atoms with E-state index in [1.165, 1.54) is 34.3 Å². The SMILES string of the molecule is CCOC(=O)N1CCN(C(c2cccc(F)c2)c2sc3ncnn3c2O)CC1. The van der Waals surface area contributed by atoms with Gasteiger partial charge in [0.25, 0.3) is 0 Å². The van der Waals surface area contributed by atoms with E-state index in [9.17, 15) is 14.3 Å². The third-order valence-corrected chi connectivity index (χ3v) is 5.84. The minimum absolute atomic E-state index is 0.000386. The standard InChI is InChI=1S/C18H20FN5O3S/c1-2-27-18(26)23-8-6-22(7-9-23)14(12-4-3-5-13(19)10-12)15-16(25)24-17(28-15)20-11-21-24/h3-5,10-11,14,25H,2,6-9H2,1H3. The second-order valence-corrected chi connectivity index (χ2v) is 7.43. The van der Waals surface area contributed by atoms with Gasteiger partial charge >= 0.3 is 6.09 Å². The number of benzene rings is 1. The minimum Gasteiger partial charge on any atom is -0.492 e. The minimum atomic E-state index is -0.367. The molecule has 0 bridgehead atoms. The highest BCUT2D eigenvalue weighted by atomic mass is 32.1. The highest BCUT2D eigenvalue weighted by molar-refractivity contribution is 7.17. The zero-order valence-electron chi connectivity index (χ0n) is 15.3. The molecule has 1 fully saturated rings. The number of halogens is 1. The normalized spacial score (nSPS) is 16.4. The molecule has 148 valence electrons. The van der Waals surface area contributed by atoms with Crippen molar-refractivity contribution in [3.8, 4) is 5.88 Å². The van der Waals surface area contributed by atoms with Crippen molar-refractivity contribution in [1.82, 2.24) is 24.4 Å². The van der Waals surface area contributed by atoms with Gasteiger partial charge in [0.2, 0.25) is 10.8 Å². The fraction of sp³-hybridized carbons (Fsp3) is 0.389. The van der Waals surface area contributed by atoms with Gasteiger partial charge in [-0.3, -0.25) is 4.90 Å². The summed E-state index contributed by atoms with van der Waals surface area (Å²) in [4.78, 5) is 21.1. The molecule has 3 aromatic rings. The van der Waals surface area contributed by atoms with Crippen molar-refractivity contribution >= 4 is 22.4 Å². The van der Waals surface area contributed by atoms with Crippen molar-refractivity contribution in [2.75, 3.05) is 32.8 Å². The number of aromatic hydroxyl groups is 1. The van der Waals surface area contributed by atoms with Crippen molar-refractivity contribution in [3.05, 3.63) is 46.9 Å². The molecule has 1 unspecified atom stereocenters. The Balaban J connectivity index is 1.66. The van der Waals surface area contributed by atoms with Gasteiger partial charge in [-0.05, 0) is 24.6 Å². The van der Waals surface area contributed by atoms with Crippen LogP contribution < -0.4 is 0 Å². The number of nitrogens with zero attached hydrogens (tertiary/aromatic N) is 5. The first-order valence-electron chi connectivity index (χ1n) is 9.01. The number of aromatic nitrogens is 3. The number of hydrogen-bond donors (Lipinski definition) is 1. The molecule has 2 aromatic heterocycles. The third kappa shape index (κ3) is 3.40. The van der Waals surface area contributed by atoms with Gasteiger partial charge in [-0.15, -0.1) is 0 Å². The quantitative estimate of drug-likeness (QED) is 0.718. The van der Waals surface area contributed by atoms with E-state index in [-0.39, 0.29) is 23.8 Å². The van der Waals surface area contributed by atoms with Crippen LogP contribution in [-0.4, -0.2) is 68.4 Å². The molecule has 1 saturated heterocycles. The van der Waals surface area contributed by atoms with Crippen LogP contribution in [0.3, 0.4) is 0 Å². The van der Waals surface area contributed by atoms with Crippen LogP contribution in [0.15, 0.2) is 30.6 Å². The van der Waals surface area contributed by atoms with Crippen molar-refractivity contribution in [1.29, 1.82) is 0 Å².